The van der Waals surface area contributed by atoms with Crippen molar-refractivity contribution in [1.29, 1.82) is 0 Å². The zero-order valence-electron chi connectivity index (χ0n) is 8.93. The van der Waals surface area contributed by atoms with Gasteiger partial charge in [0.1, 0.15) is 0 Å². The first kappa shape index (κ1) is 10.4. The molecule has 0 radical (unpaired) electrons. The van der Waals surface area contributed by atoms with Crippen LogP contribution in [0.3, 0.4) is 0 Å². The normalized spacial score (nSPS) is 20.8. The summed E-state index contributed by atoms with van der Waals surface area (Å²) in [6.07, 6.45) is 0. The van der Waals surface area contributed by atoms with Crippen LogP contribution in [-0.2, 0) is 18.6 Å². The number of rotatable bonds is 2. The predicted octanol–water partition coefficient (Wildman–Crippen LogP) is -0.829. The highest BCUT2D eigenvalue weighted by Gasteiger charge is 2.35. The van der Waals surface area contributed by atoms with Gasteiger partial charge in [-0.1, -0.05) is 24.3 Å². The third kappa shape index (κ3) is 1.89. The molecule has 0 bridgehead atoms. The van der Waals surface area contributed by atoms with Gasteiger partial charge in [0.05, 0.1) is 26.4 Å². The molecular formula is C10H12B2O4. The minimum Gasteiger partial charge on any atom is -0.405 e. The minimum atomic E-state index is -0.274. The standard InChI is InChI=1S/C10H12B2O4/c1-2-4-10(12-15-7-8-16-12)9(3-1)11-13-5-6-14-11/h1-4H,5-8H2. The van der Waals surface area contributed by atoms with Crippen molar-refractivity contribution in [1.82, 2.24) is 0 Å². The molecule has 0 aliphatic carbocycles. The summed E-state index contributed by atoms with van der Waals surface area (Å²) in [5.74, 6) is 0. The smallest absolute Gasteiger partial charge is 0.405 e. The van der Waals surface area contributed by atoms with E-state index < -0.39 is 0 Å². The summed E-state index contributed by atoms with van der Waals surface area (Å²) in [6, 6.07) is 7.93. The molecule has 2 heterocycles. The average molecular weight is 218 g/mol. The molecule has 1 aromatic carbocycles. The number of hydrogen-bond acceptors (Lipinski definition) is 4. The summed E-state index contributed by atoms with van der Waals surface area (Å²) in [7, 11) is -0.548. The van der Waals surface area contributed by atoms with E-state index >= 15 is 0 Å². The maximum absolute atomic E-state index is 5.51. The van der Waals surface area contributed by atoms with E-state index in [1.54, 1.807) is 0 Å². The predicted molar refractivity (Wildman–Crippen MR) is 61.0 cm³/mol. The maximum atomic E-state index is 5.51. The van der Waals surface area contributed by atoms with Gasteiger partial charge < -0.3 is 18.6 Å². The lowest BCUT2D eigenvalue weighted by molar-refractivity contribution is 0.365. The molecule has 0 aromatic heterocycles. The molecule has 0 N–H and O–H groups in total. The van der Waals surface area contributed by atoms with Gasteiger partial charge in [-0.05, 0) is 10.9 Å². The van der Waals surface area contributed by atoms with E-state index in [9.17, 15) is 0 Å². The fourth-order valence-electron chi connectivity index (χ4n) is 2.02. The Kier molecular flexibility index (Phi) is 2.97. The van der Waals surface area contributed by atoms with Crippen LogP contribution in [0.25, 0.3) is 0 Å². The van der Waals surface area contributed by atoms with Crippen molar-refractivity contribution in [3.05, 3.63) is 24.3 Å². The lowest BCUT2D eigenvalue weighted by atomic mass is 9.65. The van der Waals surface area contributed by atoms with Crippen molar-refractivity contribution in [3.8, 4) is 0 Å². The van der Waals surface area contributed by atoms with Crippen LogP contribution < -0.4 is 10.9 Å². The molecule has 2 saturated heterocycles. The van der Waals surface area contributed by atoms with Gasteiger partial charge in [-0.25, -0.2) is 0 Å². The first-order chi connectivity index (χ1) is 7.95. The Morgan fingerprint density at radius 1 is 0.688 bits per heavy atom. The summed E-state index contributed by atoms with van der Waals surface area (Å²) in [6.45, 7) is 2.58. The van der Waals surface area contributed by atoms with Crippen molar-refractivity contribution in [2.75, 3.05) is 26.4 Å². The lowest BCUT2D eigenvalue weighted by Crippen LogP contribution is -2.50. The fraction of sp³-hybridized carbons (Fsp3) is 0.400. The van der Waals surface area contributed by atoms with Gasteiger partial charge >= 0.3 is 14.2 Å². The van der Waals surface area contributed by atoms with E-state index in [1.165, 1.54) is 0 Å². The molecule has 3 rings (SSSR count). The molecule has 1 aromatic rings. The van der Waals surface area contributed by atoms with Crippen LogP contribution in [-0.4, -0.2) is 40.7 Å². The van der Waals surface area contributed by atoms with Gasteiger partial charge in [0.25, 0.3) is 0 Å². The molecule has 0 atom stereocenters. The summed E-state index contributed by atoms with van der Waals surface area (Å²) >= 11 is 0. The Bertz CT molecular complexity index is 327. The van der Waals surface area contributed by atoms with Crippen molar-refractivity contribution < 1.29 is 18.6 Å². The molecule has 4 nitrogen and oxygen atoms in total. The Morgan fingerprint density at radius 2 is 1.06 bits per heavy atom. The zero-order chi connectivity index (χ0) is 10.8. The quantitative estimate of drug-likeness (QED) is 0.607. The fourth-order valence-corrected chi connectivity index (χ4v) is 2.02. The lowest BCUT2D eigenvalue weighted by Gasteiger charge is -2.12. The van der Waals surface area contributed by atoms with Gasteiger partial charge in [-0.15, -0.1) is 0 Å². The van der Waals surface area contributed by atoms with Gasteiger partial charge in [0.15, 0.2) is 0 Å². The molecule has 2 aliphatic rings. The van der Waals surface area contributed by atoms with Gasteiger partial charge in [-0.3, -0.25) is 0 Å². The Labute approximate surface area is 95.1 Å². The highest BCUT2D eigenvalue weighted by atomic mass is 16.6. The van der Waals surface area contributed by atoms with Crippen molar-refractivity contribution in [2.45, 2.75) is 0 Å². The van der Waals surface area contributed by atoms with E-state index in [0.29, 0.717) is 26.4 Å². The van der Waals surface area contributed by atoms with Crippen LogP contribution in [0.4, 0.5) is 0 Å². The van der Waals surface area contributed by atoms with E-state index in [-0.39, 0.29) is 14.2 Å². The maximum Gasteiger partial charge on any atom is 0.493 e. The summed E-state index contributed by atoms with van der Waals surface area (Å²) in [5, 5.41) is 0. The summed E-state index contributed by atoms with van der Waals surface area (Å²) in [4.78, 5) is 0. The van der Waals surface area contributed by atoms with Gasteiger partial charge in [-0.2, -0.15) is 0 Å². The number of hydrogen-bond donors (Lipinski definition) is 0. The largest absolute Gasteiger partial charge is 0.493 e. The van der Waals surface area contributed by atoms with E-state index in [2.05, 4.69) is 0 Å². The molecule has 82 valence electrons. The molecule has 0 saturated carbocycles. The molecule has 0 amide bonds. The molecular weight excluding hydrogens is 206 g/mol. The topological polar surface area (TPSA) is 36.9 Å². The Hall–Kier alpha value is -0.810. The Balaban J connectivity index is 1.90. The van der Waals surface area contributed by atoms with Crippen LogP contribution in [0.5, 0.6) is 0 Å². The first-order valence-corrected chi connectivity index (χ1v) is 5.50. The number of benzene rings is 1. The summed E-state index contributed by atoms with van der Waals surface area (Å²) in [5.41, 5.74) is 2.01. The zero-order valence-corrected chi connectivity index (χ0v) is 8.93. The second-order valence-electron chi connectivity index (χ2n) is 3.78. The molecule has 2 fully saturated rings. The van der Waals surface area contributed by atoms with Crippen molar-refractivity contribution >= 4 is 25.2 Å². The Morgan fingerprint density at radius 3 is 1.44 bits per heavy atom. The SMILES string of the molecule is c1ccc(B2OCCO2)c(B2OCCO2)c1. The van der Waals surface area contributed by atoms with Crippen molar-refractivity contribution in [3.63, 3.8) is 0 Å². The molecule has 0 spiro atoms. The van der Waals surface area contributed by atoms with Crippen LogP contribution in [0, 0.1) is 0 Å². The van der Waals surface area contributed by atoms with Crippen LogP contribution in [0.15, 0.2) is 24.3 Å². The molecule has 16 heavy (non-hydrogen) atoms. The minimum absolute atomic E-state index is 0.274. The highest BCUT2D eigenvalue weighted by molar-refractivity contribution is 6.74. The second-order valence-corrected chi connectivity index (χ2v) is 3.78. The van der Waals surface area contributed by atoms with E-state index in [0.717, 1.165) is 10.9 Å². The van der Waals surface area contributed by atoms with Crippen LogP contribution in [0.1, 0.15) is 0 Å². The first-order valence-electron chi connectivity index (χ1n) is 5.50. The van der Waals surface area contributed by atoms with Crippen LogP contribution in [0.2, 0.25) is 0 Å². The highest BCUT2D eigenvalue weighted by Crippen LogP contribution is 2.03. The van der Waals surface area contributed by atoms with Gasteiger partial charge in [0.2, 0.25) is 0 Å². The average Bonchev–Trinajstić information content (AvgIpc) is 3.03. The van der Waals surface area contributed by atoms with E-state index in [1.807, 2.05) is 24.3 Å². The molecule has 0 unspecified atom stereocenters. The van der Waals surface area contributed by atoms with Crippen molar-refractivity contribution in [2.24, 2.45) is 0 Å². The monoisotopic (exact) mass is 218 g/mol. The summed E-state index contributed by atoms with van der Waals surface area (Å²) < 4.78 is 22.0. The molecule has 6 heteroatoms. The third-order valence-electron chi connectivity index (χ3n) is 2.75. The van der Waals surface area contributed by atoms with Gasteiger partial charge in [0, 0.05) is 0 Å². The third-order valence-corrected chi connectivity index (χ3v) is 2.75. The molecule has 2 aliphatic heterocycles. The van der Waals surface area contributed by atoms with Crippen LogP contribution >= 0.6 is 0 Å². The second kappa shape index (κ2) is 4.59. The van der Waals surface area contributed by atoms with E-state index in [4.69, 9.17) is 18.6 Å².